The number of carbonyl (C=O) groups is 1. The van der Waals surface area contributed by atoms with Crippen molar-refractivity contribution in [1.82, 2.24) is 15.1 Å². The van der Waals surface area contributed by atoms with E-state index in [1.165, 1.54) is 0 Å². The first-order chi connectivity index (χ1) is 8.58. The van der Waals surface area contributed by atoms with Crippen LogP contribution < -0.4 is 5.32 Å². The Morgan fingerprint density at radius 3 is 2.83 bits per heavy atom. The summed E-state index contributed by atoms with van der Waals surface area (Å²) in [5, 5.41) is 6.93. The van der Waals surface area contributed by atoms with Gasteiger partial charge >= 0.3 is 0 Å². The van der Waals surface area contributed by atoms with Gasteiger partial charge in [-0.3, -0.25) is 9.48 Å². The molecule has 2 rings (SSSR count). The average Bonchev–Trinajstić information content (AvgIpc) is 2.72. The summed E-state index contributed by atoms with van der Waals surface area (Å²) in [5.74, 6) is -0.0944. The third-order valence-corrected chi connectivity index (χ3v) is 3.38. The topological polar surface area (TPSA) is 46.9 Å². The van der Waals surface area contributed by atoms with E-state index in [1.807, 2.05) is 38.2 Å². The summed E-state index contributed by atoms with van der Waals surface area (Å²) in [5.41, 5.74) is 2.72. The van der Waals surface area contributed by atoms with Gasteiger partial charge in [-0.15, -0.1) is 0 Å². The summed E-state index contributed by atoms with van der Waals surface area (Å²) in [4.78, 5) is 12.0. The minimum atomic E-state index is -0.0944. The van der Waals surface area contributed by atoms with Gasteiger partial charge in [0.2, 0.25) is 0 Å². The van der Waals surface area contributed by atoms with E-state index in [-0.39, 0.29) is 5.91 Å². The predicted octanol–water partition coefficient (Wildman–Crippen LogP) is 2.42. The summed E-state index contributed by atoms with van der Waals surface area (Å²) >= 11 is 3.40. The SMILES string of the molecule is Cc1ccc(C(=O)NCc2ccnn2C)c(Br)c1. The lowest BCUT2D eigenvalue weighted by Crippen LogP contribution is -2.24. The maximum atomic E-state index is 12.0. The fourth-order valence-corrected chi connectivity index (χ4v) is 2.32. The molecule has 0 saturated heterocycles. The zero-order valence-electron chi connectivity index (χ0n) is 10.3. The molecule has 0 aliphatic carbocycles. The highest BCUT2D eigenvalue weighted by molar-refractivity contribution is 9.10. The van der Waals surface area contributed by atoms with E-state index < -0.39 is 0 Å². The number of nitrogens with one attached hydrogen (secondary N) is 1. The molecule has 4 nitrogen and oxygen atoms in total. The third kappa shape index (κ3) is 2.79. The van der Waals surface area contributed by atoms with Crippen LogP contribution in [0.1, 0.15) is 21.6 Å². The summed E-state index contributed by atoms with van der Waals surface area (Å²) in [6.07, 6.45) is 1.71. The number of carbonyl (C=O) groups excluding carboxylic acids is 1. The molecule has 1 heterocycles. The highest BCUT2D eigenvalue weighted by Gasteiger charge is 2.10. The Balaban J connectivity index is 2.06. The molecule has 0 aliphatic heterocycles. The van der Waals surface area contributed by atoms with Crippen molar-refractivity contribution in [3.63, 3.8) is 0 Å². The number of hydrogen-bond acceptors (Lipinski definition) is 2. The number of benzene rings is 1. The zero-order valence-corrected chi connectivity index (χ0v) is 11.9. The Kier molecular flexibility index (Phi) is 3.81. The van der Waals surface area contributed by atoms with E-state index in [0.29, 0.717) is 12.1 Å². The molecular weight excluding hydrogens is 294 g/mol. The highest BCUT2D eigenvalue weighted by Crippen LogP contribution is 2.18. The number of amides is 1. The Morgan fingerprint density at radius 1 is 1.44 bits per heavy atom. The molecule has 1 aromatic heterocycles. The van der Waals surface area contributed by atoms with Gasteiger partial charge in [0, 0.05) is 17.7 Å². The van der Waals surface area contributed by atoms with Crippen molar-refractivity contribution in [2.45, 2.75) is 13.5 Å². The van der Waals surface area contributed by atoms with Crippen LogP contribution in [0.4, 0.5) is 0 Å². The molecule has 0 saturated carbocycles. The van der Waals surface area contributed by atoms with E-state index in [1.54, 1.807) is 10.9 Å². The molecule has 0 aliphatic rings. The van der Waals surface area contributed by atoms with Crippen molar-refractivity contribution >= 4 is 21.8 Å². The van der Waals surface area contributed by atoms with Gasteiger partial charge in [0.25, 0.3) is 5.91 Å². The second-order valence-corrected chi connectivity index (χ2v) is 4.97. The number of aromatic nitrogens is 2. The number of aryl methyl sites for hydroxylation is 2. The number of nitrogens with zero attached hydrogens (tertiary/aromatic N) is 2. The molecule has 0 atom stereocenters. The van der Waals surface area contributed by atoms with Crippen LogP contribution in [-0.2, 0) is 13.6 Å². The monoisotopic (exact) mass is 307 g/mol. The Bertz CT molecular complexity index is 577. The molecule has 1 aromatic carbocycles. The fourth-order valence-electron chi connectivity index (χ4n) is 1.65. The molecule has 1 amide bonds. The largest absolute Gasteiger partial charge is 0.346 e. The lowest BCUT2D eigenvalue weighted by Gasteiger charge is -2.07. The van der Waals surface area contributed by atoms with Crippen molar-refractivity contribution in [3.8, 4) is 0 Å². The molecule has 0 unspecified atom stereocenters. The van der Waals surface area contributed by atoms with Crippen LogP contribution in [0.3, 0.4) is 0 Å². The lowest BCUT2D eigenvalue weighted by atomic mass is 10.1. The van der Waals surface area contributed by atoms with Crippen LogP contribution in [0, 0.1) is 6.92 Å². The molecule has 0 radical (unpaired) electrons. The Morgan fingerprint density at radius 2 is 2.22 bits per heavy atom. The fraction of sp³-hybridized carbons (Fsp3) is 0.231. The number of hydrogen-bond donors (Lipinski definition) is 1. The maximum absolute atomic E-state index is 12.0. The van der Waals surface area contributed by atoms with Crippen molar-refractivity contribution in [2.24, 2.45) is 7.05 Å². The normalized spacial score (nSPS) is 10.4. The number of halogens is 1. The summed E-state index contributed by atoms with van der Waals surface area (Å²) in [7, 11) is 1.85. The van der Waals surface area contributed by atoms with Crippen LogP contribution in [0.15, 0.2) is 34.9 Å². The third-order valence-electron chi connectivity index (χ3n) is 2.72. The van der Waals surface area contributed by atoms with Crippen LogP contribution in [-0.4, -0.2) is 15.7 Å². The lowest BCUT2D eigenvalue weighted by molar-refractivity contribution is 0.0949. The zero-order chi connectivity index (χ0) is 13.1. The molecule has 0 spiro atoms. The minimum Gasteiger partial charge on any atom is -0.346 e. The summed E-state index contributed by atoms with van der Waals surface area (Å²) in [6.45, 7) is 2.46. The van der Waals surface area contributed by atoms with E-state index in [9.17, 15) is 4.79 Å². The molecule has 1 N–H and O–H groups in total. The second-order valence-electron chi connectivity index (χ2n) is 4.11. The number of rotatable bonds is 3. The Hall–Kier alpha value is -1.62. The molecular formula is C13H14BrN3O. The van der Waals surface area contributed by atoms with Crippen LogP contribution in [0.25, 0.3) is 0 Å². The van der Waals surface area contributed by atoms with E-state index in [2.05, 4.69) is 26.3 Å². The van der Waals surface area contributed by atoms with Gasteiger partial charge in [-0.1, -0.05) is 6.07 Å². The molecule has 5 heteroatoms. The predicted molar refractivity (Wildman–Crippen MR) is 73.3 cm³/mol. The average molecular weight is 308 g/mol. The molecule has 94 valence electrons. The van der Waals surface area contributed by atoms with E-state index in [4.69, 9.17) is 0 Å². The first-order valence-electron chi connectivity index (χ1n) is 5.59. The van der Waals surface area contributed by atoms with Crippen molar-refractivity contribution in [3.05, 3.63) is 51.8 Å². The van der Waals surface area contributed by atoms with E-state index in [0.717, 1.165) is 15.7 Å². The quantitative estimate of drug-likeness (QED) is 0.946. The first kappa shape index (κ1) is 12.8. The van der Waals surface area contributed by atoms with Gasteiger partial charge in [-0.25, -0.2) is 0 Å². The van der Waals surface area contributed by atoms with Gasteiger partial charge in [-0.05, 0) is 46.6 Å². The molecule has 2 aromatic rings. The van der Waals surface area contributed by atoms with E-state index >= 15 is 0 Å². The van der Waals surface area contributed by atoms with Gasteiger partial charge in [0.1, 0.15) is 0 Å². The summed E-state index contributed by atoms with van der Waals surface area (Å²) < 4.78 is 2.55. The van der Waals surface area contributed by atoms with Gasteiger partial charge in [0.15, 0.2) is 0 Å². The highest BCUT2D eigenvalue weighted by atomic mass is 79.9. The minimum absolute atomic E-state index is 0.0944. The molecule has 0 bridgehead atoms. The van der Waals surface area contributed by atoms with Crippen LogP contribution in [0.2, 0.25) is 0 Å². The first-order valence-corrected chi connectivity index (χ1v) is 6.38. The Labute approximate surface area is 114 Å². The molecule has 0 fully saturated rings. The van der Waals surface area contributed by atoms with Crippen molar-refractivity contribution in [1.29, 1.82) is 0 Å². The van der Waals surface area contributed by atoms with Crippen molar-refractivity contribution < 1.29 is 4.79 Å². The molecule has 18 heavy (non-hydrogen) atoms. The standard InChI is InChI=1S/C13H14BrN3O/c1-9-3-4-11(12(14)7-9)13(18)15-8-10-5-6-16-17(10)2/h3-7H,8H2,1-2H3,(H,15,18). The van der Waals surface area contributed by atoms with Crippen molar-refractivity contribution in [2.75, 3.05) is 0 Å². The van der Waals surface area contributed by atoms with Gasteiger partial charge < -0.3 is 5.32 Å². The van der Waals surface area contributed by atoms with Crippen LogP contribution >= 0.6 is 15.9 Å². The smallest absolute Gasteiger partial charge is 0.252 e. The van der Waals surface area contributed by atoms with Crippen LogP contribution in [0.5, 0.6) is 0 Å². The summed E-state index contributed by atoms with van der Waals surface area (Å²) in [6, 6.07) is 7.55. The van der Waals surface area contributed by atoms with Gasteiger partial charge in [-0.2, -0.15) is 5.10 Å². The second kappa shape index (κ2) is 5.35. The van der Waals surface area contributed by atoms with Gasteiger partial charge in [0.05, 0.1) is 17.8 Å². The maximum Gasteiger partial charge on any atom is 0.252 e.